The van der Waals surface area contributed by atoms with E-state index in [9.17, 15) is 9.59 Å². The lowest BCUT2D eigenvalue weighted by atomic mass is 9.85. The van der Waals surface area contributed by atoms with Gasteiger partial charge in [0.15, 0.2) is 0 Å². The van der Waals surface area contributed by atoms with Crippen molar-refractivity contribution in [1.29, 1.82) is 0 Å². The van der Waals surface area contributed by atoms with Crippen LogP contribution in [0, 0.1) is 17.8 Å². The number of carbonyl (C=O) groups is 2. The molecule has 0 spiro atoms. The van der Waals surface area contributed by atoms with E-state index >= 15 is 0 Å². The molecule has 5 nitrogen and oxygen atoms in total. The van der Waals surface area contributed by atoms with E-state index in [1.807, 2.05) is 19.0 Å². The highest BCUT2D eigenvalue weighted by Gasteiger charge is 2.48. The Balaban J connectivity index is 1.87. The van der Waals surface area contributed by atoms with Crippen LogP contribution < -0.4 is 0 Å². The van der Waals surface area contributed by atoms with Gasteiger partial charge in [0.1, 0.15) is 6.54 Å². The maximum Gasteiger partial charge on any atom is 0.323 e. The third-order valence-corrected chi connectivity index (χ3v) is 4.87. The van der Waals surface area contributed by atoms with Gasteiger partial charge in [0.25, 0.3) is 0 Å². The summed E-state index contributed by atoms with van der Waals surface area (Å²) in [6.07, 6.45) is 7.40. The average molecular weight is 296 g/mol. The number of carboxylic acid groups (broad SMARTS) is 1. The molecule has 2 atom stereocenters. The Hall–Kier alpha value is -1.10. The van der Waals surface area contributed by atoms with Crippen molar-refractivity contribution in [2.45, 2.75) is 38.5 Å². The Morgan fingerprint density at radius 3 is 2.33 bits per heavy atom. The molecular formula is C16H28N2O3. The van der Waals surface area contributed by atoms with Gasteiger partial charge in [-0.2, -0.15) is 0 Å². The number of rotatable bonds is 7. The lowest BCUT2D eigenvalue weighted by molar-refractivity contribution is -0.145. The zero-order chi connectivity index (χ0) is 15.4. The van der Waals surface area contributed by atoms with Gasteiger partial charge in [-0.25, -0.2) is 0 Å². The zero-order valence-corrected chi connectivity index (χ0v) is 13.3. The van der Waals surface area contributed by atoms with Crippen LogP contribution in [0.5, 0.6) is 0 Å². The van der Waals surface area contributed by atoms with Gasteiger partial charge in [-0.3, -0.25) is 9.59 Å². The highest BCUT2D eigenvalue weighted by molar-refractivity contribution is 5.85. The minimum Gasteiger partial charge on any atom is -0.480 e. The number of aliphatic carboxylic acids is 1. The van der Waals surface area contributed by atoms with Crippen molar-refractivity contribution >= 4 is 11.9 Å². The lowest BCUT2D eigenvalue weighted by Gasteiger charge is -2.25. The van der Waals surface area contributed by atoms with Gasteiger partial charge in [0, 0.05) is 19.0 Å². The third-order valence-electron chi connectivity index (χ3n) is 4.87. The molecule has 21 heavy (non-hydrogen) atoms. The van der Waals surface area contributed by atoms with E-state index in [0.717, 1.165) is 6.42 Å². The molecule has 2 saturated carbocycles. The van der Waals surface area contributed by atoms with E-state index in [4.69, 9.17) is 5.11 Å². The fourth-order valence-electron chi connectivity index (χ4n) is 3.57. The number of carboxylic acids is 1. The summed E-state index contributed by atoms with van der Waals surface area (Å²) < 4.78 is 0. The number of nitrogens with zero attached hydrogens (tertiary/aromatic N) is 2. The molecular weight excluding hydrogens is 268 g/mol. The molecule has 2 rings (SSSR count). The molecule has 1 amide bonds. The second-order valence-electron chi connectivity index (χ2n) is 6.86. The molecule has 0 bridgehead atoms. The number of hydrogen-bond donors (Lipinski definition) is 1. The van der Waals surface area contributed by atoms with E-state index in [-0.39, 0.29) is 18.4 Å². The van der Waals surface area contributed by atoms with Crippen LogP contribution in [0.2, 0.25) is 0 Å². The van der Waals surface area contributed by atoms with E-state index in [2.05, 4.69) is 0 Å². The molecule has 0 aliphatic heterocycles. The molecule has 0 radical (unpaired) electrons. The highest BCUT2D eigenvalue weighted by Crippen LogP contribution is 2.50. The monoisotopic (exact) mass is 296 g/mol. The second-order valence-corrected chi connectivity index (χ2v) is 6.86. The summed E-state index contributed by atoms with van der Waals surface area (Å²) in [6, 6.07) is 0. The minimum absolute atomic E-state index is 0.0647. The molecule has 1 N–H and O–H groups in total. The molecule has 2 aliphatic rings. The number of hydrogen-bond acceptors (Lipinski definition) is 3. The normalized spacial score (nSPS) is 25.9. The fraction of sp³-hybridized carbons (Fsp3) is 0.875. The summed E-state index contributed by atoms with van der Waals surface area (Å²) in [4.78, 5) is 27.0. The summed E-state index contributed by atoms with van der Waals surface area (Å²) in [5.74, 6) is 0.461. The lowest BCUT2D eigenvalue weighted by Crippen LogP contribution is -2.41. The molecule has 0 heterocycles. The van der Waals surface area contributed by atoms with Crippen LogP contribution in [-0.4, -0.2) is 60.5 Å². The first-order valence-corrected chi connectivity index (χ1v) is 8.14. The molecule has 0 aromatic rings. The van der Waals surface area contributed by atoms with Crippen LogP contribution in [-0.2, 0) is 9.59 Å². The third kappa shape index (κ3) is 4.70. The van der Waals surface area contributed by atoms with Gasteiger partial charge in [-0.05, 0) is 32.4 Å². The molecule has 0 unspecified atom stereocenters. The summed E-state index contributed by atoms with van der Waals surface area (Å²) >= 11 is 0. The Labute approximate surface area is 127 Å². The van der Waals surface area contributed by atoms with Crippen molar-refractivity contribution in [1.82, 2.24) is 9.80 Å². The van der Waals surface area contributed by atoms with Crippen LogP contribution in [0.25, 0.3) is 0 Å². The summed E-state index contributed by atoms with van der Waals surface area (Å²) in [5, 5.41) is 9.01. The predicted octanol–water partition coefficient (Wildman–Crippen LogP) is 1.68. The Morgan fingerprint density at radius 1 is 1.10 bits per heavy atom. The molecule has 2 fully saturated rings. The van der Waals surface area contributed by atoms with Gasteiger partial charge < -0.3 is 14.9 Å². The van der Waals surface area contributed by atoms with E-state index in [1.54, 1.807) is 0 Å². The Bertz CT molecular complexity index is 378. The molecule has 0 saturated heterocycles. The molecule has 2 aliphatic carbocycles. The first-order valence-electron chi connectivity index (χ1n) is 8.14. The molecule has 0 aromatic heterocycles. The Kier molecular flexibility index (Phi) is 5.62. The fourth-order valence-corrected chi connectivity index (χ4v) is 3.57. The SMILES string of the molecule is CN(C)CCN(CC(=O)O)C(=O)[C@H]1C[C@H]1C1CCCCC1. The van der Waals surface area contributed by atoms with Crippen molar-refractivity contribution in [3.8, 4) is 0 Å². The van der Waals surface area contributed by atoms with Crippen LogP contribution in [0.1, 0.15) is 38.5 Å². The van der Waals surface area contributed by atoms with Gasteiger partial charge in [-0.1, -0.05) is 32.1 Å². The van der Waals surface area contributed by atoms with Gasteiger partial charge in [0.2, 0.25) is 5.91 Å². The van der Waals surface area contributed by atoms with Crippen LogP contribution >= 0.6 is 0 Å². The van der Waals surface area contributed by atoms with Crippen molar-refractivity contribution in [3.05, 3.63) is 0 Å². The molecule has 5 heteroatoms. The maximum atomic E-state index is 12.6. The van der Waals surface area contributed by atoms with Gasteiger partial charge in [0.05, 0.1) is 0 Å². The van der Waals surface area contributed by atoms with Crippen LogP contribution in [0.3, 0.4) is 0 Å². The number of carbonyl (C=O) groups excluding carboxylic acids is 1. The number of likely N-dealkylation sites (N-methyl/N-ethyl adjacent to an activating group) is 1. The van der Waals surface area contributed by atoms with Crippen LogP contribution in [0.4, 0.5) is 0 Å². The highest BCUT2D eigenvalue weighted by atomic mass is 16.4. The predicted molar refractivity (Wildman–Crippen MR) is 80.9 cm³/mol. The zero-order valence-electron chi connectivity index (χ0n) is 13.3. The topological polar surface area (TPSA) is 60.9 Å². The standard InChI is InChI=1S/C16H28N2O3/c1-17(2)8-9-18(11-15(19)20)16(21)14-10-13(14)12-6-4-3-5-7-12/h12-14H,3-11H2,1-2H3,(H,19,20)/t13-,14-/m0/s1. The van der Waals surface area contributed by atoms with E-state index < -0.39 is 5.97 Å². The van der Waals surface area contributed by atoms with Crippen molar-refractivity contribution < 1.29 is 14.7 Å². The van der Waals surface area contributed by atoms with E-state index in [0.29, 0.717) is 24.9 Å². The van der Waals surface area contributed by atoms with Crippen molar-refractivity contribution in [2.75, 3.05) is 33.7 Å². The molecule has 120 valence electrons. The smallest absolute Gasteiger partial charge is 0.323 e. The van der Waals surface area contributed by atoms with Gasteiger partial charge in [-0.15, -0.1) is 0 Å². The van der Waals surface area contributed by atoms with Gasteiger partial charge >= 0.3 is 5.97 Å². The van der Waals surface area contributed by atoms with Crippen molar-refractivity contribution in [3.63, 3.8) is 0 Å². The molecule has 0 aromatic carbocycles. The van der Waals surface area contributed by atoms with E-state index in [1.165, 1.54) is 37.0 Å². The average Bonchev–Trinajstić information content (AvgIpc) is 3.23. The number of amides is 1. The second kappa shape index (κ2) is 7.25. The summed E-state index contributed by atoms with van der Waals surface area (Å²) in [5.41, 5.74) is 0. The summed E-state index contributed by atoms with van der Waals surface area (Å²) in [6.45, 7) is 1.05. The first-order chi connectivity index (χ1) is 9.99. The Morgan fingerprint density at radius 2 is 1.76 bits per heavy atom. The summed E-state index contributed by atoms with van der Waals surface area (Å²) in [7, 11) is 3.87. The maximum absolute atomic E-state index is 12.6. The van der Waals surface area contributed by atoms with Crippen LogP contribution in [0.15, 0.2) is 0 Å². The minimum atomic E-state index is -0.919. The largest absolute Gasteiger partial charge is 0.480 e. The first kappa shape index (κ1) is 16.3. The van der Waals surface area contributed by atoms with Crippen molar-refractivity contribution in [2.24, 2.45) is 17.8 Å². The quantitative estimate of drug-likeness (QED) is 0.776.